The topological polar surface area (TPSA) is 61.8 Å². The van der Waals surface area contributed by atoms with Crippen LogP contribution in [0, 0.1) is 0 Å². The number of rotatable bonds is 7. The average Bonchev–Trinajstić information content (AvgIpc) is 2.44. The van der Waals surface area contributed by atoms with Gasteiger partial charge >= 0.3 is 6.03 Å². The fraction of sp³-hybridized carbons (Fsp3) is 0.500. The molecule has 5 heteroatoms. The third-order valence-electron chi connectivity index (χ3n) is 2.85. The Labute approximate surface area is 114 Å². The monoisotopic (exact) mass is 266 g/mol. The number of anilines is 1. The van der Waals surface area contributed by atoms with Gasteiger partial charge < -0.3 is 20.1 Å². The average molecular weight is 266 g/mol. The summed E-state index contributed by atoms with van der Waals surface area (Å²) in [4.78, 5) is 13.6. The fourth-order valence-electron chi connectivity index (χ4n) is 1.70. The molecule has 1 rings (SSSR count). The van der Waals surface area contributed by atoms with Crippen LogP contribution in [0.25, 0.3) is 0 Å². The van der Waals surface area contributed by atoms with Crippen molar-refractivity contribution in [3.05, 3.63) is 24.3 Å². The molecule has 2 amide bonds. The molecule has 0 heterocycles. The van der Waals surface area contributed by atoms with Crippen LogP contribution in [0.15, 0.2) is 24.3 Å². The van der Waals surface area contributed by atoms with Crippen molar-refractivity contribution in [2.24, 2.45) is 0 Å². The molecule has 0 aliphatic carbocycles. The van der Waals surface area contributed by atoms with Gasteiger partial charge in [0.05, 0.1) is 12.8 Å². The molecule has 0 aromatic heterocycles. The van der Waals surface area contributed by atoms with Crippen LogP contribution in [-0.4, -0.2) is 43.3 Å². The number of aliphatic hydroxyl groups excluding tert-OH is 1. The maximum Gasteiger partial charge on any atom is 0.321 e. The first-order valence-electron chi connectivity index (χ1n) is 6.45. The number of unbranched alkanes of at least 4 members (excludes halogenated alkanes) is 2. The number of para-hydroxylation sites is 2. The van der Waals surface area contributed by atoms with E-state index in [1.165, 1.54) is 0 Å². The third kappa shape index (κ3) is 5.18. The summed E-state index contributed by atoms with van der Waals surface area (Å²) < 4.78 is 5.18. The summed E-state index contributed by atoms with van der Waals surface area (Å²) >= 11 is 0. The number of urea groups is 1. The molecule has 0 saturated carbocycles. The number of nitrogens with zero attached hydrogens (tertiary/aromatic N) is 1. The van der Waals surface area contributed by atoms with Crippen LogP contribution < -0.4 is 10.1 Å². The van der Waals surface area contributed by atoms with Crippen molar-refractivity contribution in [2.75, 3.05) is 32.6 Å². The van der Waals surface area contributed by atoms with Crippen molar-refractivity contribution in [1.29, 1.82) is 0 Å². The minimum atomic E-state index is -0.159. The molecule has 0 radical (unpaired) electrons. The first-order valence-corrected chi connectivity index (χ1v) is 6.45. The van der Waals surface area contributed by atoms with Gasteiger partial charge in [0.15, 0.2) is 0 Å². The van der Waals surface area contributed by atoms with Crippen LogP contribution in [-0.2, 0) is 0 Å². The Bertz CT molecular complexity index is 396. The summed E-state index contributed by atoms with van der Waals surface area (Å²) in [6.07, 6.45) is 2.58. The van der Waals surface area contributed by atoms with Crippen molar-refractivity contribution in [3.63, 3.8) is 0 Å². The van der Waals surface area contributed by atoms with Crippen LogP contribution >= 0.6 is 0 Å². The summed E-state index contributed by atoms with van der Waals surface area (Å²) in [7, 11) is 3.33. The van der Waals surface area contributed by atoms with Gasteiger partial charge in [-0.25, -0.2) is 4.79 Å². The lowest BCUT2D eigenvalue weighted by molar-refractivity contribution is 0.220. The summed E-state index contributed by atoms with van der Waals surface area (Å²) in [5.41, 5.74) is 0.664. The van der Waals surface area contributed by atoms with Crippen LogP contribution in [0.4, 0.5) is 10.5 Å². The van der Waals surface area contributed by atoms with E-state index >= 15 is 0 Å². The molecule has 0 spiro atoms. The first-order chi connectivity index (χ1) is 9.19. The van der Waals surface area contributed by atoms with Gasteiger partial charge in [-0.15, -0.1) is 0 Å². The zero-order valence-electron chi connectivity index (χ0n) is 11.6. The number of methoxy groups -OCH3 is 1. The van der Waals surface area contributed by atoms with Crippen molar-refractivity contribution < 1.29 is 14.6 Å². The van der Waals surface area contributed by atoms with E-state index in [2.05, 4.69) is 5.32 Å². The highest BCUT2D eigenvalue weighted by Gasteiger charge is 2.10. The Morgan fingerprint density at radius 1 is 1.32 bits per heavy atom. The molecule has 1 aromatic carbocycles. The van der Waals surface area contributed by atoms with E-state index < -0.39 is 0 Å². The molecular formula is C14H22N2O3. The first kappa shape index (κ1) is 15.3. The molecule has 0 saturated heterocycles. The zero-order valence-corrected chi connectivity index (χ0v) is 11.6. The number of ether oxygens (including phenoxy) is 1. The van der Waals surface area contributed by atoms with E-state index in [-0.39, 0.29) is 12.6 Å². The number of benzene rings is 1. The third-order valence-corrected chi connectivity index (χ3v) is 2.85. The minimum absolute atomic E-state index is 0.159. The normalized spacial score (nSPS) is 10.1. The molecule has 0 aliphatic heterocycles. The molecule has 2 N–H and O–H groups in total. The Morgan fingerprint density at radius 2 is 2.05 bits per heavy atom. The lowest BCUT2D eigenvalue weighted by atomic mass is 10.2. The highest BCUT2D eigenvalue weighted by atomic mass is 16.5. The number of hydrogen-bond acceptors (Lipinski definition) is 3. The predicted octanol–water partition coefficient (Wildman–Crippen LogP) is 2.32. The summed E-state index contributed by atoms with van der Waals surface area (Å²) in [5, 5.41) is 11.5. The largest absolute Gasteiger partial charge is 0.495 e. The maximum atomic E-state index is 12.0. The summed E-state index contributed by atoms with van der Waals surface area (Å²) in [5.74, 6) is 0.643. The molecule has 0 bridgehead atoms. The molecule has 19 heavy (non-hydrogen) atoms. The molecule has 0 aliphatic rings. The summed E-state index contributed by atoms with van der Waals surface area (Å²) in [6, 6.07) is 7.15. The summed E-state index contributed by atoms with van der Waals surface area (Å²) in [6.45, 7) is 0.873. The highest BCUT2D eigenvalue weighted by Crippen LogP contribution is 2.23. The smallest absolute Gasteiger partial charge is 0.321 e. The Balaban J connectivity index is 2.45. The van der Waals surface area contributed by atoms with Gasteiger partial charge in [-0.05, 0) is 31.4 Å². The minimum Gasteiger partial charge on any atom is -0.495 e. The molecule has 0 atom stereocenters. The van der Waals surface area contributed by atoms with Gasteiger partial charge in [0.25, 0.3) is 0 Å². The van der Waals surface area contributed by atoms with Crippen LogP contribution in [0.5, 0.6) is 5.75 Å². The number of hydrogen-bond donors (Lipinski definition) is 2. The van der Waals surface area contributed by atoms with Crippen LogP contribution in [0.2, 0.25) is 0 Å². The van der Waals surface area contributed by atoms with E-state index in [4.69, 9.17) is 9.84 Å². The molecular weight excluding hydrogens is 244 g/mol. The van der Waals surface area contributed by atoms with Crippen molar-refractivity contribution in [3.8, 4) is 5.75 Å². The Hall–Kier alpha value is -1.75. The number of nitrogens with one attached hydrogen (secondary N) is 1. The standard InChI is InChI=1S/C14H22N2O3/c1-16(10-6-3-7-11-17)14(18)15-12-8-4-5-9-13(12)19-2/h4-5,8-9,17H,3,6-7,10-11H2,1-2H3,(H,15,18). The lowest BCUT2D eigenvalue weighted by Gasteiger charge is -2.18. The number of aliphatic hydroxyl groups is 1. The van der Waals surface area contributed by atoms with E-state index in [9.17, 15) is 4.79 Å². The lowest BCUT2D eigenvalue weighted by Crippen LogP contribution is -2.32. The maximum absolute atomic E-state index is 12.0. The van der Waals surface area contributed by atoms with E-state index in [0.29, 0.717) is 18.0 Å². The van der Waals surface area contributed by atoms with Gasteiger partial charge in [0, 0.05) is 20.2 Å². The van der Waals surface area contributed by atoms with E-state index in [1.807, 2.05) is 12.1 Å². The highest BCUT2D eigenvalue weighted by molar-refractivity contribution is 5.90. The van der Waals surface area contributed by atoms with Crippen LogP contribution in [0.3, 0.4) is 0 Å². The molecule has 0 unspecified atom stereocenters. The number of carbonyl (C=O) groups excluding carboxylic acids is 1. The Morgan fingerprint density at radius 3 is 2.74 bits per heavy atom. The van der Waals surface area contributed by atoms with Gasteiger partial charge in [-0.3, -0.25) is 0 Å². The quantitative estimate of drug-likeness (QED) is 0.744. The second-order valence-electron chi connectivity index (χ2n) is 4.34. The van der Waals surface area contributed by atoms with Crippen LogP contribution in [0.1, 0.15) is 19.3 Å². The number of amides is 2. The Kier molecular flexibility index (Phi) is 6.74. The predicted molar refractivity (Wildman–Crippen MR) is 75.6 cm³/mol. The molecule has 106 valence electrons. The van der Waals surface area contributed by atoms with E-state index in [1.54, 1.807) is 31.2 Å². The zero-order chi connectivity index (χ0) is 14.1. The van der Waals surface area contributed by atoms with Gasteiger partial charge in [-0.1, -0.05) is 12.1 Å². The van der Waals surface area contributed by atoms with Crippen molar-refractivity contribution in [2.45, 2.75) is 19.3 Å². The molecule has 5 nitrogen and oxygen atoms in total. The number of carbonyl (C=O) groups is 1. The molecule has 0 fully saturated rings. The molecule has 1 aromatic rings. The van der Waals surface area contributed by atoms with Gasteiger partial charge in [-0.2, -0.15) is 0 Å². The van der Waals surface area contributed by atoms with Gasteiger partial charge in [0.2, 0.25) is 0 Å². The fourth-order valence-corrected chi connectivity index (χ4v) is 1.70. The van der Waals surface area contributed by atoms with Crippen molar-refractivity contribution in [1.82, 2.24) is 4.90 Å². The van der Waals surface area contributed by atoms with Crippen molar-refractivity contribution >= 4 is 11.7 Å². The SMILES string of the molecule is COc1ccccc1NC(=O)N(C)CCCCCO. The second kappa shape index (κ2) is 8.37. The second-order valence-corrected chi connectivity index (χ2v) is 4.34. The van der Waals surface area contributed by atoms with E-state index in [0.717, 1.165) is 19.3 Å². The van der Waals surface area contributed by atoms with Gasteiger partial charge in [0.1, 0.15) is 5.75 Å².